The van der Waals surface area contributed by atoms with Crippen molar-refractivity contribution in [2.24, 2.45) is 0 Å². The van der Waals surface area contributed by atoms with Crippen molar-refractivity contribution >= 4 is 6.09 Å². The highest BCUT2D eigenvalue weighted by atomic mass is 16.7. The lowest BCUT2D eigenvalue weighted by atomic mass is 10.1. The number of likely N-dealkylation sites (N-methyl/N-ethyl adjacent to an activating group) is 1. The third kappa shape index (κ3) is 3.84. The molecule has 1 amide bonds. The molecule has 0 atom stereocenters. The Kier molecular flexibility index (Phi) is 4.88. The number of carbonyl (C=O) groups excluding carboxylic acids is 1. The number of amides is 1. The van der Waals surface area contributed by atoms with Crippen LogP contribution in [0.1, 0.15) is 20.3 Å². The van der Waals surface area contributed by atoms with Gasteiger partial charge in [-0.2, -0.15) is 0 Å². The van der Waals surface area contributed by atoms with Crippen LogP contribution in [0.3, 0.4) is 0 Å². The molecule has 2 aliphatic rings. The van der Waals surface area contributed by atoms with Gasteiger partial charge in [0.2, 0.25) is 5.79 Å². The minimum absolute atomic E-state index is 0.274. The SMILES string of the molecule is COC(C)(C)OC(=O)N1CCCN(C2CN(C)C2)CC1. The van der Waals surface area contributed by atoms with E-state index in [1.807, 2.05) is 0 Å². The topological polar surface area (TPSA) is 45.3 Å². The Hall–Kier alpha value is -0.850. The number of methoxy groups -OCH3 is 1. The molecule has 0 radical (unpaired) electrons. The fourth-order valence-electron chi connectivity index (χ4n) is 2.70. The number of rotatable bonds is 3. The summed E-state index contributed by atoms with van der Waals surface area (Å²) < 4.78 is 10.5. The van der Waals surface area contributed by atoms with Gasteiger partial charge in [-0.25, -0.2) is 4.79 Å². The molecule has 2 aliphatic heterocycles. The normalized spacial score (nSPS) is 23.3. The second-order valence-corrected chi connectivity index (χ2v) is 6.22. The lowest BCUT2D eigenvalue weighted by molar-refractivity contribution is -0.163. The average Bonchev–Trinajstić information content (AvgIpc) is 2.60. The van der Waals surface area contributed by atoms with Crippen molar-refractivity contribution in [3.8, 4) is 0 Å². The van der Waals surface area contributed by atoms with E-state index < -0.39 is 5.79 Å². The molecule has 0 spiro atoms. The van der Waals surface area contributed by atoms with Gasteiger partial charge < -0.3 is 19.3 Å². The van der Waals surface area contributed by atoms with Crippen molar-refractivity contribution in [2.75, 3.05) is 53.4 Å². The lowest BCUT2D eigenvalue weighted by Crippen LogP contribution is -2.58. The van der Waals surface area contributed by atoms with Gasteiger partial charge in [0.05, 0.1) is 0 Å². The Labute approximate surface area is 121 Å². The summed E-state index contributed by atoms with van der Waals surface area (Å²) in [5, 5.41) is 0. The molecule has 2 rings (SSSR count). The van der Waals surface area contributed by atoms with Gasteiger partial charge in [-0.1, -0.05) is 0 Å². The van der Waals surface area contributed by atoms with Crippen LogP contribution in [0.4, 0.5) is 4.79 Å². The summed E-state index contributed by atoms with van der Waals surface area (Å²) in [6.07, 6.45) is 0.729. The van der Waals surface area contributed by atoms with Crippen molar-refractivity contribution in [3.63, 3.8) is 0 Å². The number of nitrogens with zero attached hydrogens (tertiary/aromatic N) is 3. The highest BCUT2D eigenvalue weighted by molar-refractivity contribution is 5.68. The molecule has 6 nitrogen and oxygen atoms in total. The molecule has 20 heavy (non-hydrogen) atoms. The molecule has 2 heterocycles. The second kappa shape index (κ2) is 6.28. The molecule has 2 fully saturated rings. The molecule has 0 aromatic rings. The van der Waals surface area contributed by atoms with E-state index in [1.54, 1.807) is 25.9 Å². The number of hydrogen-bond acceptors (Lipinski definition) is 5. The number of ether oxygens (including phenoxy) is 2. The van der Waals surface area contributed by atoms with Gasteiger partial charge in [-0.15, -0.1) is 0 Å². The van der Waals surface area contributed by atoms with E-state index in [1.165, 1.54) is 0 Å². The molecule has 2 saturated heterocycles. The largest absolute Gasteiger partial charge is 0.417 e. The summed E-state index contributed by atoms with van der Waals surface area (Å²) in [6.45, 7) is 9.27. The zero-order chi connectivity index (χ0) is 14.8. The summed E-state index contributed by atoms with van der Waals surface area (Å²) in [5.74, 6) is -0.861. The molecule has 0 unspecified atom stereocenters. The number of hydrogen-bond donors (Lipinski definition) is 0. The average molecular weight is 285 g/mol. The van der Waals surface area contributed by atoms with Gasteiger partial charge in [0.15, 0.2) is 0 Å². The third-order valence-electron chi connectivity index (χ3n) is 4.17. The maximum absolute atomic E-state index is 12.1. The van der Waals surface area contributed by atoms with Gasteiger partial charge >= 0.3 is 6.09 Å². The molecule has 0 saturated carbocycles. The highest BCUT2D eigenvalue weighted by Crippen LogP contribution is 2.17. The van der Waals surface area contributed by atoms with E-state index in [-0.39, 0.29) is 6.09 Å². The predicted molar refractivity (Wildman–Crippen MR) is 76.6 cm³/mol. The van der Waals surface area contributed by atoms with E-state index in [4.69, 9.17) is 9.47 Å². The van der Waals surface area contributed by atoms with Crippen molar-refractivity contribution < 1.29 is 14.3 Å². The quantitative estimate of drug-likeness (QED) is 0.719. The summed E-state index contributed by atoms with van der Waals surface area (Å²) in [7, 11) is 3.69. The van der Waals surface area contributed by atoms with Crippen molar-refractivity contribution in [1.82, 2.24) is 14.7 Å². The van der Waals surface area contributed by atoms with Gasteiger partial charge in [0.25, 0.3) is 0 Å². The summed E-state index contributed by atoms with van der Waals surface area (Å²) in [4.78, 5) is 18.7. The Morgan fingerprint density at radius 2 is 1.85 bits per heavy atom. The molecular formula is C14H27N3O3. The van der Waals surface area contributed by atoms with Crippen molar-refractivity contribution in [1.29, 1.82) is 0 Å². The van der Waals surface area contributed by atoms with E-state index in [9.17, 15) is 4.79 Å². The van der Waals surface area contributed by atoms with Crippen LogP contribution in [0, 0.1) is 0 Å². The van der Waals surface area contributed by atoms with Crippen LogP contribution >= 0.6 is 0 Å². The fourth-order valence-corrected chi connectivity index (χ4v) is 2.70. The van der Waals surface area contributed by atoms with Gasteiger partial charge in [0.1, 0.15) is 0 Å². The first kappa shape index (κ1) is 15.5. The first-order valence-electron chi connectivity index (χ1n) is 7.37. The van der Waals surface area contributed by atoms with Crippen LogP contribution in [0.15, 0.2) is 0 Å². The molecule has 0 bridgehead atoms. The van der Waals surface area contributed by atoms with Crippen LogP contribution in [0.5, 0.6) is 0 Å². The van der Waals surface area contributed by atoms with Crippen LogP contribution in [0.25, 0.3) is 0 Å². The maximum atomic E-state index is 12.1. The molecule has 0 aromatic carbocycles. The molecule has 0 aromatic heterocycles. The monoisotopic (exact) mass is 285 g/mol. The van der Waals surface area contributed by atoms with Crippen LogP contribution < -0.4 is 0 Å². The summed E-state index contributed by atoms with van der Waals surface area (Å²) in [5.41, 5.74) is 0. The fraction of sp³-hybridized carbons (Fsp3) is 0.929. The second-order valence-electron chi connectivity index (χ2n) is 6.22. The first-order chi connectivity index (χ1) is 9.41. The number of carbonyl (C=O) groups is 1. The molecule has 0 N–H and O–H groups in total. The number of likely N-dealkylation sites (tertiary alicyclic amines) is 1. The van der Waals surface area contributed by atoms with Gasteiger partial charge in [-0.05, 0) is 13.5 Å². The Morgan fingerprint density at radius 1 is 1.15 bits per heavy atom. The van der Waals surface area contributed by atoms with Crippen molar-refractivity contribution in [2.45, 2.75) is 32.1 Å². The van der Waals surface area contributed by atoms with Crippen LogP contribution in [-0.2, 0) is 9.47 Å². The standard InChI is InChI=1S/C14H27N3O3/c1-14(2,19-4)20-13(18)17-7-5-6-16(8-9-17)12-10-15(3)11-12/h12H,5-11H2,1-4H3. The zero-order valence-electron chi connectivity index (χ0n) is 13.1. The smallest absolute Gasteiger partial charge is 0.412 e. The first-order valence-corrected chi connectivity index (χ1v) is 7.37. The zero-order valence-corrected chi connectivity index (χ0v) is 13.1. The minimum Gasteiger partial charge on any atom is -0.417 e. The van der Waals surface area contributed by atoms with E-state index >= 15 is 0 Å². The van der Waals surface area contributed by atoms with Gasteiger partial charge in [-0.3, -0.25) is 4.90 Å². The van der Waals surface area contributed by atoms with E-state index in [0.717, 1.165) is 45.7 Å². The predicted octanol–water partition coefficient (Wildman–Crippen LogP) is 0.827. The Balaban J connectivity index is 1.81. The van der Waals surface area contributed by atoms with Crippen LogP contribution in [-0.4, -0.2) is 86.0 Å². The Bertz CT molecular complexity index is 343. The van der Waals surface area contributed by atoms with E-state index in [2.05, 4.69) is 16.8 Å². The Morgan fingerprint density at radius 3 is 2.45 bits per heavy atom. The molecular weight excluding hydrogens is 258 g/mol. The molecule has 0 aliphatic carbocycles. The summed E-state index contributed by atoms with van der Waals surface area (Å²) in [6, 6.07) is 0.659. The lowest BCUT2D eigenvalue weighted by Gasteiger charge is -2.43. The van der Waals surface area contributed by atoms with Crippen LogP contribution in [0.2, 0.25) is 0 Å². The molecule has 116 valence electrons. The minimum atomic E-state index is -0.861. The third-order valence-corrected chi connectivity index (χ3v) is 4.17. The maximum Gasteiger partial charge on any atom is 0.412 e. The van der Waals surface area contributed by atoms with Gasteiger partial charge in [0, 0.05) is 66.3 Å². The van der Waals surface area contributed by atoms with E-state index in [0.29, 0.717) is 6.04 Å². The van der Waals surface area contributed by atoms with Crippen molar-refractivity contribution in [3.05, 3.63) is 0 Å². The highest BCUT2D eigenvalue weighted by Gasteiger charge is 2.32. The molecule has 6 heteroatoms. The summed E-state index contributed by atoms with van der Waals surface area (Å²) >= 11 is 0.